The summed E-state index contributed by atoms with van der Waals surface area (Å²) in [4.78, 5) is 28.2. The van der Waals surface area contributed by atoms with Crippen molar-refractivity contribution in [2.75, 3.05) is 0 Å². The molecule has 10 heteroatoms. The van der Waals surface area contributed by atoms with Gasteiger partial charge in [0, 0.05) is 35.6 Å². The van der Waals surface area contributed by atoms with E-state index in [0.29, 0.717) is 16.5 Å². The van der Waals surface area contributed by atoms with Crippen molar-refractivity contribution in [3.8, 4) is 0 Å². The number of carbonyl (C=O) groups is 2. The highest BCUT2D eigenvalue weighted by Gasteiger charge is 2.28. The lowest BCUT2D eigenvalue weighted by Crippen LogP contribution is -2.47. The van der Waals surface area contributed by atoms with Gasteiger partial charge < -0.3 is 10.2 Å². The average Bonchev–Trinajstić information content (AvgIpc) is 3.74. The molecular formula is C29H31Cl2N3O4S. The van der Waals surface area contributed by atoms with Crippen LogP contribution in [-0.2, 0) is 39.1 Å². The number of nitrogens with zero attached hydrogens (tertiary/aromatic N) is 1. The van der Waals surface area contributed by atoms with Gasteiger partial charge in [-0.3, -0.25) is 9.59 Å². The molecule has 0 bridgehead atoms. The maximum absolute atomic E-state index is 13.4. The number of amides is 2. The third-order valence-electron chi connectivity index (χ3n) is 6.60. The molecule has 206 valence electrons. The van der Waals surface area contributed by atoms with Gasteiger partial charge in [0.05, 0.1) is 4.90 Å². The molecule has 3 aromatic rings. The SMILES string of the molecule is C[C@H](C(=O)NCc1ccccc1Cl)N(Cc1ccc(Cl)cc1)C(=O)CCc1ccc(S(=O)(=O)NC2CC2)cc1. The second kappa shape index (κ2) is 13.0. The Kier molecular flexibility index (Phi) is 9.67. The quantitative estimate of drug-likeness (QED) is 0.308. The van der Waals surface area contributed by atoms with E-state index in [1.807, 2.05) is 30.3 Å². The summed E-state index contributed by atoms with van der Waals surface area (Å²) in [6.07, 6.45) is 2.28. The number of sulfonamides is 1. The van der Waals surface area contributed by atoms with Crippen LogP contribution in [0.25, 0.3) is 0 Å². The minimum atomic E-state index is -3.53. The second-order valence-electron chi connectivity index (χ2n) is 9.67. The van der Waals surface area contributed by atoms with Crippen LogP contribution in [0.2, 0.25) is 10.0 Å². The van der Waals surface area contributed by atoms with E-state index in [2.05, 4.69) is 10.0 Å². The van der Waals surface area contributed by atoms with Crippen LogP contribution in [-0.4, -0.2) is 37.2 Å². The number of hydrogen-bond donors (Lipinski definition) is 2. The molecule has 2 amide bonds. The van der Waals surface area contributed by atoms with Gasteiger partial charge in [-0.05, 0) is 73.2 Å². The number of hydrogen-bond acceptors (Lipinski definition) is 4. The van der Waals surface area contributed by atoms with Crippen LogP contribution < -0.4 is 10.0 Å². The standard InChI is InChI=1S/C29H31Cl2N3O4S/c1-20(29(36)32-18-23-4-2-3-5-27(23)31)34(19-22-6-11-24(30)12-7-22)28(35)17-10-21-8-15-26(16-9-21)39(37,38)33-25-13-14-25/h2-9,11-12,15-16,20,25,33H,10,13-14,17-19H2,1H3,(H,32,36)/t20-/m1/s1. The van der Waals surface area contributed by atoms with Crippen molar-refractivity contribution in [2.24, 2.45) is 0 Å². The van der Waals surface area contributed by atoms with Gasteiger partial charge in [0.2, 0.25) is 21.8 Å². The van der Waals surface area contributed by atoms with Gasteiger partial charge >= 0.3 is 0 Å². The highest BCUT2D eigenvalue weighted by molar-refractivity contribution is 7.89. The van der Waals surface area contributed by atoms with Crippen LogP contribution in [0.1, 0.15) is 42.9 Å². The van der Waals surface area contributed by atoms with Crippen LogP contribution in [0.15, 0.2) is 77.7 Å². The van der Waals surface area contributed by atoms with Crippen LogP contribution in [0.3, 0.4) is 0 Å². The Bertz CT molecular complexity index is 1410. The van der Waals surface area contributed by atoms with Crippen molar-refractivity contribution in [1.82, 2.24) is 14.9 Å². The van der Waals surface area contributed by atoms with E-state index in [9.17, 15) is 18.0 Å². The molecular weight excluding hydrogens is 557 g/mol. The summed E-state index contributed by atoms with van der Waals surface area (Å²) in [5.41, 5.74) is 2.46. The highest BCUT2D eigenvalue weighted by Crippen LogP contribution is 2.23. The van der Waals surface area contributed by atoms with Crippen molar-refractivity contribution in [3.63, 3.8) is 0 Å². The summed E-state index contributed by atoms with van der Waals surface area (Å²) in [6, 6.07) is 20.2. The van der Waals surface area contributed by atoms with Gasteiger partial charge in [-0.25, -0.2) is 13.1 Å². The first-order valence-electron chi connectivity index (χ1n) is 12.8. The normalized spacial score (nSPS) is 14.0. The zero-order valence-electron chi connectivity index (χ0n) is 21.6. The topological polar surface area (TPSA) is 95.6 Å². The van der Waals surface area contributed by atoms with Crippen LogP contribution in [0, 0.1) is 0 Å². The predicted octanol–water partition coefficient (Wildman–Crippen LogP) is 5.10. The number of benzene rings is 3. The van der Waals surface area contributed by atoms with E-state index in [-0.39, 0.29) is 42.3 Å². The molecule has 1 saturated carbocycles. The molecule has 2 N–H and O–H groups in total. The predicted molar refractivity (Wildman–Crippen MR) is 153 cm³/mol. The molecule has 1 aliphatic rings. The Morgan fingerprint density at radius 2 is 1.59 bits per heavy atom. The zero-order valence-corrected chi connectivity index (χ0v) is 23.9. The fraction of sp³-hybridized carbons (Fsp3) is 0.310. The molecule has 0 spiro atoms. The Hall–Kier alpha value is -2.91. The third-order valence-corrected chi connectivity index (χ3v) is 8.76. The van der Waals surface area contributed by atoms with Gasteiger partial charge in [-0.2, -0.15) is 0 Å². The molecule has 3 aromatic carbocycles. The highest BCUT2D eigenvalue weighted by atomic mass is 35.5. The maximum atomic E-state index is 13.4. The number of carbonyl (C=O) groups excluding carboxylic acids is 2. The molecule has 4 rings (SSSR count). The first-order valence-corrected chi connectivity index (χ1v) is 15.0. The first kappa shape index (κ1) is 29.1. The maximum Gasteiger partial charge on any atom is 0.242 e. The molecule has 0 aliphatic heterocycles. The van der Waals surface area contributed by atoms with Gasteiger partial charge in [0.25, 0.3) is 0 Å². The Morgan fingerprint density at radius 1 is 0.949 bits per heavy atom. The lowest BCUT2D eigenvalue weighted by molar-refractivity contribution is -0.140. The molecule has 0 heterocycles. The average molecular weight is 589 g/mol. The molecule has 1 atom stereocenters. The fourth-order valence-corrected chi connectivity index (χ4v) is 5.69. The molecule has 0 unspecified atom stereocenters. The number of halogens is 2. The van der Waals surface area contributed by atoms with E-state index in [0.717, 1.165) is 29.5 Å². The molecule has 0 radical (unpaired) electrons. The summed E-state index contributed by atoms with van der Waals surface area (Å²) in [7, 11) is -3.53. The van der Waals surface area contributed by atoms with E-state index in [4.69, 9.17) is 23.2 Å². The van der Waals surface area contributed by atoms with Crippen molar-refractivity contribution in [3.05, 3.63) is 99.5 Å². The van der Waals surface area contributed by atoms with Gasteiger partial charge in [-0.15, -0.1) is 0 Å². The number of rotatable bonds is 12. The fourth-order valence-electron chi connectivity index (χ4n) is 4.06. The van der Waals surface area contributed by atoms with Crippen molar-refractivity contribution in [2.45, 2.75) is 62.7 Å². The summed E-state index contributed by atoms with van der Waals surface area (Å²) in [5.74, 6) is -0.493. The van der Waals surface area contributed by atoms with Gasteiger partial charge in [-0.1, -0.05) is 65.7 Å². The largest absolute Gasteiger partial charge is 0.350 e. The summed E-state index contributed by atoms with van der Waals surface area (Å²) in [6.45, 7) is 2.18. The Balaban J connectivity index is 1.42. The van der Waals surface area contributed by atoms with Crippen molar-refractivity contribution >= 4 is 45.0 Å². The Labute approximate surface area is 239 Å². The van der Waals surface area contributed by atoms with Crippen molar-refractivity contribution < 1.29 is 18.0 Å². The smallest absolute Gasteiger partial charge is 0.242 e. The van der Waals surface area contributed by atoms with E-state index in [1.165, 1.54) is 0 Å². The molecule has 0 saturated heterocycles. The van der Waals surface area contributed by atoms with Crippen LogP contribution in [0.4, 0.5) is 0 Å². The zero-order chi connectivity index (χ0) is 28.0. The summed E-state index contributed by atoms with van der Waals surface area (Å²) >= 11 is 12.2. The monoisotopic (exact) mass is 587 g/mol. The Morgan fingerprint density at radius 3 is 2.23 bits per heavy atom. The summed E-state index contributed by atoms with van der Waals surface area (Å²) in [5, 5.41) is 4.02. The van der Waals surface area contributed by atoms with Crippen LogP contribution in [0.5, 0.6) is 0 Å². The third kappa shape index (κ3) is 8.29. The molecule has 1 aliphatic carbocycles. The second-order valence-corrected chi connectivity index (χ2v) is 12.2. The van der Waals surface area contributed by atoms with Gasteiger partial charge in [0.15, 0.2) is 0 Å². The summed E-state index contributed by atoms with van der Waals surface area (Å²) < 4.78 is 27.5. The van der Waals surface area contributed by atoms with E-state index >= 15 is 0 Å². The molecule has 1 fully saturated rings. The molecule has 0 aromatic heterocycles. The van der Waals surface area contributed by atoms with E-state index < -0.39 is 16.1 Å². The molecule has 39 heavy (non-hydrogen) atoms. The molecule has 7 nitrogen and oxygen atoms in total. The van der Waals surface area contributed by atoms with Crippen LogP contribution >= 0.6 is 23.2 Å². The van der Waals surface area contributed by atoms with Gasteiger partial charge in [0.1, 0.15) is 6.04 Å². The minimum absolute atomic E-state index is 0.0304. The minimum Gasteiger partial charge on any atom is -0.350 e. The first-order chi connectivity index (χ1) is 18.6. The van der Waals surface area contributed by atoms with E-state index in [1.54, 1.807) is 54.3 Å². The number of nitrogens with one attached hydrogen (secondary N) is 2. The number of aryl methyl sites for hydroxylation is 1. The van der Waals surface area contributed by atoms with Crippen molar-refractivity contribution in [1.29, 1.82) is 0 Å². The lowest BCUT2D eigenvalue weighted by Gasteiger charge is -2.29. The lowest BCUT2D eigenvalue weighted by atomic mass is 10.1.